The first kappa shape index (κ1) is 14.4. The number of nitrogens with zero attached hydrogens (tertiary/aromatic N) is 3. The Balaban J connectivity index is 1.52. The van der Waals surface area contributed by atoms with E-state index in [2.05, 4.69) is 20.6 Å². The van der Waals surface area contributed by atoms with E-state index in [1.54, 1.807) is 18.2 Å². The Morgan fingerprint density at radius 1 is 1.25 bits per heavy atom. The summed E-state index contributed by atoms with van der Waals surface area (Å²) >= 11 is 0. The second-order valence-electron chi connectivity index (χ2n) is 5.50. The largest absolute Gasteiger partial charge is 0.479 e. The van der Waals surface area contributed by atoms with Gasteiger partial charge in [-0.15, -0.1) is 0 Å². The van der Waals surface area contributed by atoms with Crippen LogP contribution in [0.3, 0.4) is 0 Å². The third kappa shape index (κ3) is 2.85. The molecule has 1 N–H and O–H groups in total. The second-order valence-corrected chi connectivity index (χ2v) is 5.50. The molecule has 0 saturated heterocycles. The fourth-order valence-corrected chi connectivity index (χ4v) is 2.24. The van der Waals surface area contributed by atoms with Crippen molar-refractivity contribution in [3.05, 3.63) is 42.0 Å². The van der Waals surface area contributed by atoms with E-state index in [-0.39, 0.29) is 11.6 Å². The van der Waals surface area contributed by atoms with Crippen molar-refractivity contribution in [1.82, 2.24) is 15.3 Å². The van der Waals surface area contributed by atoms with Crippen molar-refractivity contribution in [3.63, 3.8) is 0 Å². The highest BCUT2D eigenvalue weighted by Crippen LogP contribution is 2.39. The van der Waals surface area contributed by atoms with Crippen LogP contribution < -0.4 is 10.1 Å². The van der Waals surface area contributed by atoms with E-state index in [0.717, 1.165) is 18.4 Å². The van der Waals surface area contributed by atoms with Gasteiger partial charge in [0.05, 0.1) is 13.2 Å². The van der Waals surface area contributed by atoms with Gasteiger partial charge in [-0.2, -0.15) is 4.98 Å². The minimum absolute atomic E-state index is 0.0628. The molecule has 8 nitrogen and oxygen atoms in total. The number of rotatable bonds is 5. The molecule has 1 saturated carbocycles. The number of methoxy groups -OCH3 is 1. The second kappa shape index (κ2) is 5.80. The zero-order chi connectivity index (χ0) is 16.5. The highest BCUT2D eigenvalue weighted by atomic mass is 16.5. The van der Waals surface area contributed by atoms with Gasteiger partial charge in [0.15, 0.2) is 0 Å². The van der Waals surface area contributed by atoms with E-state index < -0.39 is 5.91 Å². The molecule has 1 fully saturated rings. The van der Waals surface area contributed by atoms with Crippen LogP contribution in [0, 0.1) is 0 Å². The molecular formula is C16H14N4O4. The van der Waals surface area contributed by atoms with Crippen LogP contribution in [-0.2, 0) is 0 Å². The lowest BCUT2D eigenvalue weighted by Gasteiger charge is -2.03. The first-order chi connectivity index (χ1) is 11.7. The van der Waals surface area contributed by atoms with Crippen molar-refractivity contribution in [1.29, 1.82) is 0 Å². The topological polar surface area (TPSA) is 103 Å². The van der Waals surface area contributed by atoms with Crippen LogP contribution in [0.5, 0.6) is 5.88 Å². The number of carbonyl (C=O) groups excluding carboxylic acids is 1. The summed E-state index contributed by atoms with van der Waals surface area (Å²) < 4.78 is 15.1. The van der Waals surface area contributed by atoms with Crippen molar-refractivity contribution >= 4 is 11.6 Å². The Bertz CT molecular complexity index is 882. The summed E-state index contributed by atoms with van der Waals surface area (Å²) in [6.07, 6.45) is 2.19. The van der Waals surface area contributed by atoms with Crippen molar-refractivity contribution in [2.45, 2.75) is 18.8 Å². The van der Waals surface area contributed by atoms with Crippen LogP contribution in [0.1, 0.15) is 35.2 Å². The lowest BCUT2D eigenvalue weighted by Crippen LogP contribution is -2.10. The van der Waals surface area contributed by atoms with Crippen molar-refractivity contribution in [3.8, 4) is 17.3 Å². The maximum atomic E-state index is 12.1. The van der Waals surface area contributed by atoms with Crippen LogP contribution >= 0.6 is 0 Å². The Morgan fingerprint density at radius 2 is 2.12 bits per heavy atom. The smallest absolute Gasteiger partial charge is 0.294 e. The molecule has 0 spiro atoms. The Morgan fingerprint density at radius 3 is 2.88 bits per heavy atom. The van der Waals surface area contributed by atoms with Gasteiger partial charge in [0.1, 0.15) is 0 Å². The minimum Gasteiger partial charge on any atom is -0.479 e. The molecule has 1 aromatic carbocycles. The van der Waals surface area contributed by atoms with Crippen LogP contribution in [0.15, 0.2) is 39.4 Å². The Kier molecular flexibility index (Phi) is 3.49. The van der Waals surface area contributed by atoms with Gasteiger partial charge >= 0.3 is 0 Å². The summed E-state index contributed by atoms with van der Waals surface area (Å²) in [7, 11) is 1.45. The Hall–Kier alpha value is -3.16. The SMILES string of the molecule is COc1cc(C(=O)Nc2cccc(-c3noc(C4CC4)n3)c2)on1. The van der Waals surface area contributed by atoms with Crippen LogP contribution in [0.25, 0.3) is 11.4 Å². The fourth-order valence-electron chi connectivity index (χ4n) is 2.24. The maximum absolute atomic E-state index is 12.1. The average molecular weight is 326 g/mol. The maximum Gasteiger partial charge on any atom is 0.294 e. The molecule has 24 heavy (non-hydrogen) atoms. The van der Waals surface area contributed by atoms with Gasteiger partial charge in [-0.3, -0.25) is 4.79 Å². The number of benzene rings is 1. The summed E-state index contributed by atoms with van der Waals surface area (Å²) in [4.78, 5) is 16.5. The van der Waals surface area contributed by atoms with Crippen LogP contribution in [0.4, 0.5) is 5.69 Å². The van der Waals surface area contributed by atoms with Gasteiger partial charge in [-0.1, -0.05) is 17.3 Å². The highest BCUT2D eigenvalue weighted by Gasteiger charge is 2.29. The summed E-state index contributed by atoms with van der Waals surface area (Å²) in [5, 5.41) is 10.3. The number of amides is 1. The Labute approximate surface area is 136 Å². The summed E-state index contributed by atoms with van der Waals surface area (Å²) in [6.45, 7) is 0. The molecule has 2 aromatic heterocycles. The predicted octanol–water partition coefficient (Wildman–Crippen LogP) is 2.86. The fraction of sp³-hybridized carbons (Fsp3) is 0.250. The van der Waals surface area contributed by atoms with Gasteiger partial charge in [-0.25, -0.2) is 0 Å². The molecule has 8 heteroatoms. The van der Waals surface area contributed by atoms with E-state index in [1.807, 2.05) is 6.07 Å². The van der Waals surface area contributed by atoms with E-state index in [9.17, 15) is 4.79 Å². The zero-order valence-corrected chi connectivity index (χ0v) is 12.9. The molecule has 2 heterocycles. The van der Waals surface area contributed by atoms with Gasteiger partial charge in [0.2, 0.25) is 17.5 Å². The highest BCUT2D eigenvalue weighted by molar-refractivity contribution is 6.02. The van der Waals surface area contributed by atoms with E-state index in [4.69, 9.17) is 13.8 Å². The first-order valence-corrected chi connectivity index (χ1v) is 7.49. The standard InChI is InChI=1S/C16H14N4O4/c1-22-13-8-12(23-19-13)15(21)17-11-4-2-3-10(7-11)14-18-16(24-20-14)9-5-6-9/h2-4,7-9H,5-6H2,1H3,(H,17,21). The zero-order valence-electron chi connectivity index (χ0n) is 12.9. The number of ether oxygens (including phenoxy) is 1. The molecule has 1 aliphatic rings. The van der Waals surface area contributed by atoms with E-state index in [1.165, 1.54) is 13.2 Å². The lowest BCUT2D eigenvalue weighted by atomic mass is 10.2. The summed E-state index contributed by atoms with van der Waals surface area (Å²) in [6, 6.07) is 8.61. The van der Waals surface area contributed by atoms with E-state index in [0.29, 0.717) is 23.3 Å². The number of nitrogens with one attached hydrogen (secondary N) is 1. The molecule has 0 unspecified atom stereocenters. The normalized spacial score (nSPS) is 13.7. The van der Waals surface area contributed by atoms with Gasteiger partial charge < -0.3 is 19.1 Å². The monoisotopic (exact) mass is 326 g/mol. The molecule has 0 aliphatic heterocycles. The van der Waals surface area contributed by atoms with Crippen molar-refractivity contribution in [2.75, 3.05) is 12.4 Å². The van der Waals surface area contributed by atoms with Crippen LogP contribution in [0.2, 0.25) is 0 Å². The molecule has 122 valence electrons. The quantitative estimate of drug-likeness (QED) is 0.768. The number of anilines is 1. The first-order valence-electron chi connectivity index (χ1n) is 7.49. The molecule has 0 bridgehead atoms. The molecule has 0 atom stereocenters. The van der Waals surface area contributed by atoms with Gasteiger partial charge in [0, 0.05) is 17.2 Å². The number of hydrogen-bond donors (Lipinski definition) is 1. The molecule has 4 rings (SSSR count). The number of carbonyl (C=O) groups is 1. The third-order valence-electron chi connectivity index (χ3n) is 3.67. The predicted molar refractivity (Wildman–Crippen MR) is 82.7 cm³/mol. The van der Waals surface area contributed by atoms with Gasteiger partial charge in [-0.05, 0) is 30.1 Å². The van der Waals surface area contributed by atoms with Crippen molar-refractivity contribution in [2.24, 2.45) is 0 Å². The summed E-state index contributed by atoms with van der Waals surface area (Å²) in [5.41, 5.74) is 1.35. The number of hydrogen-bond acceptors (Lipinski definition) is 7. The van der Waals surface area contributed by atoms with E-state index >= 15 is 0 Å². The summed E-state index contributed by atoms with van der Waals surface area (Å²) in [5.74, 6) is 1.47. The van der Waals surface area contributed by atoms with Crippen molar-refractivity contribution < 1.29 is 18.6 Å². The minimum atomic E-state index is -0.422. The average Bonchev–Trinajstić information content (AvgIpc) is 3.14. The number of aromatic nitrogens is 3. The van der Waals surface area contributed by atoms with Gasteiger partial charge in [0.25, 0.3) is 11.8 Å². The lowest BCUT2D eigenvalue weighted by molar-refractivity contribution is 0.0987. The molecular weight excluding hydrogens is 312 g/mol. The van der Waals surface area contributed by atoms with Crippen LogP contribution in [-0.4, -0.2) is 28.3 Å². The molecule has 1 amide bonds. The molecule has 0 radical (unpaired) electrons. The third-order valence-corrected chi connectivity index (χ3v) is 3.67. The molecule has 1 aliphatic carbocycles. The molecule has 3 aromatic rings.